The van der Waals surface area contributed by atoms with Crippen molar-refractivity contribution in [1.29, 1.82) is 0 Å². The fourth-order valence-electron chi connectivity index (χ4n) is 3.67. The summed E-state index contributed by atoms with van der Waals surface area (Å²) < 4.78 is 12.3. The van der Waals surface area contributed by atoms with E-state index in [0.717, 1.165) is 26.1 Å². The number of halogens is 1. The highest BCUT2D eigenvalue weighted by atomic mass is 79.9. The molecular weight excluding hydrogens is 512 g/mol. The molecule has 0 atom stereocenters. The van der Waals surface area contributed by atoms with Gasteiger partial charge in [0.25, 0.3) is 11.8 Å². The van der Waals surface area contributed by atoms with Gasteiger partial charge in [0.2, 0.25) is 0 Å². The van der Waals surface area contributed by atoms with Crippen molar-refractivity contribution in [3.05, 3.63) is 93.0 Å². The predicted molar refractivity (Wildman–Crippen MR) is 136 cm³/mol. The van der Waals surface area contributed by atoms with E-state index in [0.29, 0.717) is 22.7 Å². The maximum atomic E-state index is 13.4. The Hall–Kier alpha value is -3.91. The average molecular weight is 535 g/mol. The van der Waals surface area contributed by atoms with Crippen LogP contribution < -0.4 is 19.7 Å². The molecule has 4 rings (SSSR count). The van der Waals surface area contributed by atoms with Crippen LogP contribution in [0.1, 0.15) is 22.3 Å². The number of rotatable bonds is 6. The minimum atomic E-state index is -0.786. The van der Waals surface area contributed by atoms with Gasteiger partial charge in [-0.3, -0.25) is 14.9 Å². The molecule has 0 radical (unpaired) electrons. The third kappa shape index (κ3) is 4.97. The maximum absolute atomic E-state index is 13.4. The number of imide groups is 2. The first-order valence-electron chi connectivity index (χ1n) is 10.8. The first-order valence-corrected chi connectivity index (χ1v) is 11.6. The Morgan fingerprint density at radius 2 is 1.77 bits per heavy atom. The van der Waals surface area contributed by atoms with Gasteiger partial charge in [-0.15, -0.1) is 0 Å². The molecular formula is C27H23BrN2O5. The number of nitrogens with one attached hydrogen (secondary N) is 1. The number of benzene rings is 3. The van der Waals surface area contributed by atoms with Gasteiger partial charge in [0.05, 0.1) is 12.8 Å². The summed E-state index contributed by atoms with van der Waals surface area (Å²) in [7, 11) is 1.54. The number of carbonyl (C=O) groups is 3. The van der Waals surface area contributed by atoms with E-state index in [9.17, 15) is 14.4 Å². The second kappa shape index (κ2) is 10.1. The van der Waals surface area contributed by atoms with Crippen LogP contribution in [0.2, 0.25) is 0 Å². The van der Waals surface area contributed by atoms with Gasteiger partial charge in [-0.25, -0.2) is 9.69 Å². The molecule has 7 nitrogen and oxygen atoms in total. The molecule has 3 aromatic rings. The minimum absolute atomic E-state index is 0.179. The lowest BCUT2D eigenvalue weighted by atomic mass is 10.0. The van der Waals surface area contributed by atoms with Crippen LogP contribution in [0.25, 0.3) is 6.08 Å². The second-order valence-electron chi connectivity index (χ2n) is 7.96. The molecule has 0 aromatic heterocycles. The van der Waals surface area contributed by atoms with Crippen molar-refractivity contribution in [2.45, 2.75) is 20.5 Å². The number of hydrogen-bond donors (Lipinski definition) is 1. The van der Waals surface area contributed by atoms with Crippen molar-refractivity contribution < 1.29 is 23.9 Å². The molecule has 0 spiro atoms. The molecule has 178 valence electrons. The van der Waals surface area contributed by atoms with Crippen LogP contribution in [0.15, 0.2) is 70.7 Å². The van der Waals surface area contributed by atoms with Crippen LogP contribution in [0, 0.1) is 13.8 Å². The van der Waals surface area contributed by atoms with E-state index in [1.807, 2.05) is 44.2 Å². The highest BCUT2D eigenvalue weighted by Gasteiger charge is 2.37. The van der Waals surface area contributed by atoms with Crippen LogP contribution >= 0.6 is 15.9 Å². The highest BCUT2D eigenvalue weighted by molar-refractivity contribution is 9.10. The summed E-state index contributed by atoms with van der Waals surface area (Å²) >= 11 is 3.51. The van der Waals surface area contributed by atoms with E-state index >= 15 is 0 Å². The molecule has 4 amide bonds. The third-order valence-corrected chi connectivity index (χ3v) is 6.55. The Labute approximate surface area is 211 Å². The summed E-state index contributed by atoms with van der Waals surface area (Å²) in [6.07, 6.45) is 1.43. The molecule has 0 saturated carbocycles. The van der Waals surface area contributed by atoms with Gasteiger partial charge in [0, 0.05) is 21.7 Å². The summed E-state index contributed by atoms with van der Waals surface area (Å²) in [6.45, 7) is 3.96. The molecule has 1 aliphatic heterocycles. The monoisotopic (exact) mass is 534 g/mol. The van der Waals surface area contributed by atoms with Crippen molar-refractivity contribution in [1.82, 2.24) is 5.32 Å². The summed E-state index contributed by atoms with van der Waals surface area (Å²) in [5.41, 5.74) is 3.35. The van der Waals surface area contributed by atoms with Gasteiger partial charge >= 0.3 is 6.03 Å². The zero-order valence-corrected chi connectivity index (χ0v) is 21.0. The maximum Gasteiger partial charge on any atom is 0.335 e. The number of amides is 4. The Balaban J connectivity index is 1.72. The van der Waals surface area contributed by atoms with Crippen LogP contribution in [-0.2, 0) is 16.2 Å². The quantitative estimate of drug-likeness (QED) is 0.341. The van der Waals surface area contributed by atoms with Gasteiger partial charge in [-0.1, -0.05) is 46.3 Å². The smallest absolute Gasteiger partial charge is 0.335 e. The zero-order valence-electron chi connectivity index (χ0n) is 19.4. The van der Waals surface area contributed by atoms with Crippen molar-refractivity contribution in [2.24, 2.45) is 0 Å². The number of carbonyl (C=O) groups excluding carboxylic acids is 3. The molecule has 1 saturated heterocycles. The number of urea groups is 1. The van der Waals surface area contributed by atoms with Gasteiger partial charge in [0.1, 0.15) is 23.7 Å². The van der Waals surface area contributed by atoms with E-state index in [1.165, 1.54) is 13.2 Å². The number of ether oxygens (including phenoxy) is 2. The SMILES string of the molecule is COc1ccc(/C=C2\C(=O)NC(=O)N(c3cccc(C)c3C)C2=O)c(OCc2ccccc2Br)c1. The van der Waals surface area contributed by atoms with Gasteiger partial charge < -0.3 is 9.47 Å². The van der Waals surface area contributed by atoms with Crippen molar-refractivity contribution in [2.75, 3.05) is 12.0 Å². The summed E-state index contributed by atoms with van der Waals surface area (Å²) in [6, 6.07) is 17.3. The number of aryl methyl sites for hydroxylation is 1. The Morgan fingerprint density at radius 1 is 1.00 bits per heavy atom. The Morgan fingerprint density at radius 3 is 2.51 bits per heavy atom. The van der Waals surface area contributed by atoms with E-state index in [1.54, 1.807) is 30.3 Å². The van der Waals surface area contributed by atoms with E-state index < -0.39 is 17.8 Å². The third-order valence-electron chi connectivity index (χ3n) is 5.78. The van der Waals surface area contributed by atoms with Crippen molar-refractivity contribution >= 4 is 45.5 Å². The average Bonchev–Trinajstić information content (AvgIpc) is 2.84. The number of anilines is 1. The van der Waals surface area contributed by atoms with Crippen molar-refractivity contribution in [3.63, 3.8) is 0 Å². The molecule has 8 heteroatoms. The van der Waals surface area contributed by atoms with Gasteiger partial charge in [0.15, 0.2) is 0 Å². The molecule has 1 fully saturated rings. The number of hydrogen-bond acceptors (Lipinski definition) is 5. The molecule has 0 bridgehead atoms. The summed E-state index contributed by atoms with van der Waals surface area (Å²) in [5.74, 6) is -0.501. The summed E-state index contributed by atoms with van der Waals surface area (Å²) in [4.78, 5) is 39.7. The minimum Gasteiger partial charge on any atom is -0.497 e. The van der Waals surface area contributed by atoms with Crippen LogP contribution in [-0.4, -0.2) is 25.0 Å². The molecule has 35 heavy (non-hydrogen) atoms. The lowest BCUT2D eigenvalue weighted by molar-refractivity contribution is -0.122. The Bertz CT molecular complexity index is 1370. The van der Waals surface area contributed by atoms with Crippen LogP contribution in [0.4, 0.5) is 10.5 Å². The first-order chi connectivity index (χ1) is 16.8. The zero-order chi connectivity index (χ0) is 25.1. The molecule has 1 N–H and O–H groups in total. The fraction of sp³-hybridized carbons (Fsp3) is 0.148. The van der Waals surface area contributed by atoms with Crippen LogP contribution in [0.5, 0.6) is 11.5 Å². The molecule has 0 unspecified atom stereocenters. The van der Waals surface area contributed by atoms with Crippen LogP contribution in [0.3, 0.4) is 0 Å². The standard InChI is InChI=1S/C27H23BrN2O5/c1-16-7-6-10-23(17(16)2)30-26(32)21(25(31)29-27(30)33)13-18-11-12-20(34-3)14-24(18)35-15-19-8-4-5-9-22(19)28/h4-14H,15H2,1-3H3,(H,29,31,33)/b21-13+. The predicted octanol–water partition coefficient (Wildman–Crippen LogP) is 5.32. The summed E-state index contributed by atoms with van der Waals surface area (Å²) in [5, 5.41) is 2.27. The number of nitrogens with zero attached hydrogens (tertiary/aromatic N) is 1. The molecule has 1 aliphatic rings. The van der Waals surface area contributed by atoms with Gasteiger partial charge in [-0.2, -0.15) is 0 Å². The molecule has 3 aromatic carbocycles. The van der Waals surface area contributed by atoms with Gasteiger partial charge in [-0.05, 0) is 55.3 Å². The Kier molecular flexibility index (Phi) is 7.02. The van der Waals surface area contributed by atoms with E-state index in [4.69, 9.17) is 9.47 Å². The second-order valence-corrected chi connectivity index (χ2v) is 8.82. The van der Waals surface area contributed by atoms with Crippen molar-refractivity contribution in [3.8, 4) is 11.5 Å². The topological polar surface area (TPSA) is 84.9 Å². The normalized spacial score (nSPS) is 14.8. The highest BCUT2D eigenvalue weighted by Crippen LogP contribution is 2.31. The molecule has 0 aliphatic carbocycles. The van der Waals surface area contributed by atoms with E-state index in [2.05, 4.69) is 21.2 Å². The number of barbiturate groups is 1. The molecule has 1 heterocycles. The van der Waals surface area contributed by atoms with E-state index in [-0.39, 0.29) is 12.2 Å². The first kappa shape index (κ1) is 24.2. The fourth-order valence-corrected chi connectivity index (χ4v) is 4.07. The number of methoxy groups -OCH3 is 1. The largest absolute Gasteiger partial charge is 0.497 e. The lowest BCUT2D eigenvalue weighted by Crippen LogP contribution is -2.54. The lowest BCUT2D eigenvalue weighted by Gasteiger charge is -2.28.